The van der Waals surface area contributed by atoms with Crippen LogP contribution in [-0.2, 0) is 21.7 Å². The predicted octanol–water partition coefficient (Wildman–Crippen LogP) is 5.35. The van der Waals surface area contributed by atoms with Gasteiger partial charge >= 0.3 is 0 Å². The van der Waals surface area contributed by atoms with Crippen LogP contribution in [-0.4, -0.2) is 11.8 Å². The van der Waals surface area contributed by atoms with Crippen molar-refractivity contribution in [2.75, 3.05) is 11.8 Å². The molecule has 0 spiro atoms. The summed E-state index contributed by atoms with van der Waals surface area (Å²) in [5.41, 5.74) is 0. The average molecular weight is 298 g/mol. The Morgan fingerprint density at radius 3 is 1.62 bits per heavy atom. The van der Waals surface area contributed by atoms with Crippen LogP contribution < -0.4 is 0 Å². The Balaban J connectivity index is -0.000000154. The molecule has 0 aromatic rings. The monoisotopic (exact) mass is 297 g/mol. The van der Waals surface area contributed by atoms with Crippen molar-refractivity contribution >= 4 is 23.2 Å². The van der Waals surface area contributed by atoms with Crippen LogP contribution in [0.5, 0.6) is 0 Å². The van der Waals surface area contributed by atoms with E-state index in [2.05, 4.69) is 26.0 Å². The summed E-state index contributed by atoms with van der Waals surface area (Å²) in [4.78, 5) is 0. The van der Waals surface area contributed by atoms with Crippen molar-refractivity contribution in [3.8, 4) is 0 Å². The largest absolute Gasteiger partial charge is 0.273 e. The first-order valence-electron chi connectivity index (χ1n) is 5.67. The number of hydrogen-bond donors (Lipinski definition) is 0. The van der Waals surface area contributed by atoms with E-state index in [1.54, 1.807) is 0 Å². The van der Waals surface area contributed by atoms with E-state index in [-0.39, 0.29) is 21.7 Å². The topological polar surface area (TPSA) is 0 Å². The van der Waals surface area contributed by atoms with Crippen LogP contribution in [0.1, 0.15) is 46.0 Å². The van der Waals surface area contributed by atoms with Gasteiger partial charge < -0.3 is 0 Å². The fourth-order valence-corrected chi connectivity index (χ4v) is 1.14. The van der Waals surface area contributed by atoms with Crippen molar-refractivity contribution in [3.63, 3.8) is 0 Å². The van der Waals surface area contributed by atoms with Crippen molar-refractivity contribution in [1.82, 2.24) is 0 Å². The summed E-state index contributed by atoms with van der Waals surface area (Å²) >= 11 is 10.6. The van der Waals surface area contributed by atoms with E-state index in [9.17, 15) is 0 Å². The zero-order chi connectivity index (χ0) is 11.8. The Morgan fingerprint density at radius 1 is 1.06 bits per heavy atom. The third kappa shape index (κ3) is 29.3. The van der Waals surface area contributed by atoms with Gasteiger partial charge in [-0.3, -0.25) is 6.08 Å². The molecule has 3 heteroatoms. The molecular weight excluding hydrogens is 275 g/mol. The molecule has 0 saturated heterocycles. The number of alkyl halides is 2. The Kier molecular flexibility index (Phi) is 34.1. The van der Waals surface area contributed by atoms with Gasteiger partial charge in [0.1, 0.15) is 0 Å². The second-order valence-electron chi connectivity index (χ2n) is 3.09. The molecule has 0 aromatic carbocycles. The van der Waals surface area contributed by atoms with E-state index >= 15 is 0 Å². The number of allylic oxidation sites excluding steroid dienone is 4. The van der Waals surface area contributed by atoms with Crippen molar-refractivity contribution < 1.29 is 21.7 Å². The molecule has 0 radical (unpaired) electrons. The molecule has 0 unspecified atom stereocenters. The molecule has 0 bridgehead atoms. The van der Waals surface area contributed by atoms with Gasteiger partial charge in [-0.15, -0.1) is 29.6 Å². The normalized spacial score (nSPS) is 10.8. The number of halogens is 2. The van der Waals surface area contributed by atoms with Crippen LogP contribution in [0.25, 0.3) is 0 Å². The summed E-state index contributed by atoms with van der Waals surface area (Å²) in [6.45, 7) is 4.25. The van der Waals surface area contributed by atoms with Gasteiger partial charge in [-0.1, -0.05) is 26.7 Å². The molecule has 0 heterocycles. The molecule has 1 aliphatic rings. The Hall–Kier alpha value is 0.774. The molecule has 0 atom stereocenters. The van der Waals surface area contributed by atoms with Crippen molar-refractivity contribution in [2.24, 2.45) is 0 Å². The number of hydrogen-bond acceptors (Lipinski definition) is 0. The second kappa shape index (κ2) is 24.8. The van der Waals surface area contributed by atoms with Crippen LogP contribution in [0.4, 0.5) is 0 Å². The van der Waals surface area contributed by atoms with Crippen LogP contribution >= 0.6 is 23.2 Å². The van der Waals surface area contributed by atoms with E-state index in [0.717, 1.165) is 31.0 Å². The predicted molar refractivity (Wildman–Crippen MR) is 72.8 cm³/mol. The van der Waals surface area contributed by atoms with Crippen molar-refractivity contribution in [3.05, 3.63) is 24.3 Å². The maximum atomic E-state index is 5.30. The zero-order valence-corrected chi connectivity index (χ0v) is 13.5. The molecule has 16 heavy (non-hydrogen) atoms. The quantitative estimate of drug-likeness (QED) is 0.372. The summed E-state index contributed by atoms with van der Waals surface area (Å²) in [5.74, 6) is 1.63. The molecule has 0 saturated carbocycles. The van der Waals surface area contributed by atoms with Gasteiger partial charge in [-0.05, 0) is 12.8 Å². The first kappa shape index (κ1) is 22.0. The van der Waals surface area contributed by atoms with Crippen molar-refractivity contribution in [2.45, 2.75) is 46.0 Å². The van der Waals surface area contributed by atoms with Crippen LogP contribution in [0.15, 0.2) is 18.2 Å². The Bertz CT molecular complexity index is 125. The molecule has 0 aliphatic heterocycles. The molecule has 0 nitrogen and oxygen atoms in total. The maximum absolute atomic E-state index is 5.30. The molecule has 0 fully saturated rings. The van der Waals surface area contributed by atoms with Crippen molar-refractivity contribution in [1.29, 1.82) is 0 Å². The fraction of sp³-hybridized carbons (Fsp3) is 0.692. The average Bonchev–Trinajstić information content (AvgIpc) is 2.79. The van der Waals surface area contributed by atoms with Gasteiger partial charge in [0.15, 0.2) is 0 Å². The minimum Gasteiger partial charge on any atom is -0.273 e. The standard InChI is InChI=1S/C5H5.2C4H9Cl.Ti/c1-2-4-5-3-1;2*1-2-3-4-5;/h1-3H,4H2;2*2-4H2,1H3;/q-1;;;. The van der Waals surface area contributed by atoms with Gasteiger partial charge in [0, 0.05) is 33.5 Å². The van der Waals surface area contributed by atoms with E-state index in [4.69, 9.17) is 23.2 Å². The third-order valence-electron chi connectivity index (χ3n) is 1.56. The zero-order valence-electron chi connectivity index (χ0n) is 10.4. The Labute approximate surface area is 126 Å². The second-order valence-corrected chi connectivity index (χ2v) is 3.84. The van der Waals surface area contributed by atoms with Crippen LogP contribution in [0, 0.1) is 6.08 Å². The molecular formula is C13H23Cl2Ti-. The summed E-state index contributed by atoms with van der Waals surface area (Å²) in [6.07, 6.45) is 14.7. The van der Waals surface area contributed by atoms with Gasteiger partial charge in [-0.25, -0.2) is 12.2 Å². The minimum absolute atomic E-state index is 0. The summed E-state index contributed by atoms with van der Waals surface area (Å²) in [5, 5.41) is 0. The summed E-state index contributed by atoms with van der Waals surface area (Å²) < 4.78 is 0. The first-order valence-corrected chi connectivity index (χ1v) is 6.73. The third-order valence-corrected chi connectivity index (χ3v) is 2.09. The molecule has 1 aliphatic carbocycles. The molecule has 0 N–H and O–H groups in total. The van der Waals surface area contributed by atoms with E-state index in [1.807, 2.05) is 12.2 Å². The first-order chi connectivity index (χ1) is 7.33. The number of rotatable bonds is 4. The van der Waals surface area contributed by atoms with E-state index in [0.29, 0.717) is 0 Å². The molecule has 94 valence electrons. The summed E-state index contributed by atoms with van der Waals surface area (Å²) in [6, 6.07) is 0. The molecule has 0 amide bonds. The van der Waals surface area contributed by atoms with Gasteiger partial charge in [0.25, 0.3) is 0 Å². The van der Waals surface area contributed by atoms with E-state index < -0.39 is 0 Å². The molecule has 0 aromatic heterocycles. The van der Waals surface area contributed by atoms with E-state index in [1.165, 1.54) is 12.8 Å². The van der Waals surface area contributed by atoms with Crippen LogP contribution in [0.2, 0.25) is 0 Å². The fourth-order valence-electron chi connectivity index (χ4n) is 0.607. The maximum Gasteiger partial charge on any atom is 0.0223 e. The minimum atomic E-state index is 0. The van der Waals surface area contributed by atoms with Gasteiger partial charge in [0.2, 0.25) is 0 Å². The Morgan fingerprint density at radius 2 is 1.56 bits per heavy atom. The van der Waals surface area contributed by atoms with Crippen LogP contribution in [0.3, 0.4) is 0 Å². The smallest absolute Gasteiger partial charge is 0.0223 e. The SMILES string of the molecule is CCCCCl.CCCCCl.[C-]1=CC=CC1.[Ti]. The number of unbranched alkanes of at least 4 members (excludes halogenated alkanes) is 2. The van der Waals surface area contributed by atoms with Gasteiger partial charge in [-0.2, -0.15) is 6.08 Å². The summed E-state index contributed by atoms with van der Waals surface area (Å²) in [7, 11) is 0. The van der Waals surface area contributed by atoms with Gasteiger partial charge in [0.05, 0.1) is 0 Å². The molecule has 1 rings (SSSR count).